The summed E-state index contributed by atoms with van der Waals surface area (Å²) in [6, 6.07) is 6.49. The van der Waals surface area contributed by atoms with Crippen LogP contribution in [0.15, 0.2) is 22.7 Å². The van der Waals surface area contributed by atoms with Crippen LogP contribution in [0.25, 0.3) is 0 Å². The molecule has 2 nitrogen and oxygen atoms in total. The molecule has 1 N–H and O–H groups in total. The van der Waals surface area contributed by atoms with Crippen molar-refractivity contribution < 1.29 is 4.74 Å². The summed E-state index contributed by atoms with van der Waals surface area (Å²) in [5.41, 5.74) is 1.10. The van der Waals surface area contributed by atoms with Crippen LogP contribution < -0.4 is 10.1 Å². The quantitative estimate of drug-likeness (QED) is 0.872. The molecule has 84 valence electrons. The largest absolute Gasteiger partial charge is 0.497 e. The van der Waals surface area contributed by atoms with Gasteiger partial charge in [-0.25, -0.2) is 0 Å². The number of nitrogens with one attached hydrogen (secondary N) is 1. The predicted molar refractivity (Wildman–Crippen MR) is 68.7 cm³/mol. The van der Waals surface area contributed by atoms with Gasteiger partial charge in [0, 0.05) is 16.6 Å². The van der Waals surface area contributed by atoms with E-state index in [9.17, 15) is 0 Å². The summed E-state index contributed by atoms with van der Waals surface area (Å²) < 4.78 is 6.28. The van der Waals surface area contributed by atoms with Gasteiger partial charge in [0.15, 0.2) is 0 Å². The van der Waals surface area contributed by atoms with E-state index in [-0.39, 0.29) is 0 Å². The molecule has 0 spiro atoms. The van der Waals surface area contributed by atoms with Crippen molar-refractivity contribution in [2.45, 2.75) is 32.7 Å². The number of hydrogen-bond donors (Lipinski definition) is 1. The lowest BCUT2D eigenvalue weighted by atomic mass is 10.1. The molecular formula is C12H18BrNO. The molecule has 0 bridgehead atoms. The summed E-state index contributed by atoms with van der Waals surface area (Å²) in [4.78, 5) is 0. The summed E-state index contributed by atoms with van der Waals surface area (Å²) in [6.45, 7) is 4.38. The first-order valence-electron chi connectivity index (χ1n) is 5.31. The van der Waals surface area contributed by atoms with Crippen molar-refractivity contribution in [3.63, 3.8) is 0 Å². The second-order valence-electron chi connectivity index (χ2n) is 3.50. The van der Waals surface area contributed by atoms with Gasteiger partial charge in [0.1, 0.15) is 5.75 Å². The van der Waals surface area contributed by atoms with Gasteiger partial charge in [0.05, 0.1) is 12.8 Å². The van der Waals surface area contributed by atoms with Crippen molar-refractivity contribution in [1.29, 1.82) is 0 Å². The Morgan fingerprint density at radius 3 is 2.53 bits per heavy atom. The number of ether oxygens (including phenoxy) is 1. The number of anilines is 1. The predicted octanol–water partition coefficient (Wildman–Crippen LogP) is 4.06. The van der Waals surface area contributed by atoms with Gasteiger partial charge in [-0.1, -0.05) is 13.8 Å². The van der Waals surface area contributed by atoms with Crippen LogP contribution in [0.3, 0.4) is 0 Å². The number of halogens is 1. The van der Waals surface area contributed by atoms with Crippen LogP contribution in [-0.2, 0) is 0 Å². The molecule has 0 aliphatic heterocycles. The molecule has 0 saturated carbocycles. The van der Waals surface area contributed by atoms with Crippen LogP contribution >= 0.6 is 15.9 Å². The SMILES string of the molecule is CCC(CC)Nc1cc(OC)ccc1Br. The highest BCUT2D eigenvalue weighted by molar-refractivity contribution is 9.10. The van der Waals surface area contributed by atoms with E-state index < -0.39 is 0 Å². The Morgan fingerprint density at radius 1 is 1.33 bits per heavy atom. The van der Waals surface area contributed by atoms with Crippen molar-refractivity contribution in [1.82, 2.24) is 0 Å². The normalized spacial score (nSPS) is 10.5. The molecule has 0 aliphatic rings. The first-order chi connectivity index (χ1) is 7.21. The summed E-state index contributed by atoms with van der Waals surface area (Å²) in [5.74, 6) is 0.881. The molecule has 0 saturated heterocycles. The average molecular weight is 272 g/mol. The molecule has 0 fully saturated rings. The van der Waals surface area contributed by atoms with Crippen LogP contribution in [0, 0.1) is 0 Å². The topological polar surface area (TPSA) is 21.3 Å². The summed E-state index contributed by atoms with van der Waals surface area (Å²) in [5, 5.41) is 3.49. The Kier molecular flexibility index (Phi) is 4.95. The van der Waals surface area contributed by atoms with Crippen molar-refractivity contribution in [2.75, 3.05) is 12.4 Å². The smallest absolute Gasteiger partial charge is 0.121 e. The van der Waals surface area contributed by atoms with Crippen molar-refractivity contribution in [2.24, 2.45) is 0 Å². The van der Waals surface area contributed by atoms with Crippen molar-refractivity contribution >= 4 is 21.6 Å². The fourth-order valence-corrected chi connectivity index (χ4v) is 1.82. The maximum Gasteiger partial charge on any atom is 0.121 e. The minimum absolute atomic E-state index is 0.522. The summed E-state index contributed by atoms with van der Waals surface area (Å²) >= 11 is 3.53. The fourth-order valence-electron chi connectivity index (χ4n) is 1.45. The van der Waals surface area contributed by atoms with E-state index in [1.165, 1.54) is 0 Å². The minimum Gasteiger partial charge on any atom is -0.497 e. The Bertz CT molecular complexity index is 310. The van der Waals surface area contributed by atoms with E-state index in [0.717, 1.165) is 28.8 Å². The molecule has 1 aromatic carbocycles. The first-order valence-corrected chi connectivity index (χ1v) is 6.10. The lowest BCUT2D eigenvalue weighted by Crippen LogP contribution is -2.17. The Hall–Kier alpha value is -0.700. The highest BCUT2D eigenvalue weighted by Gasteiger charge is 2.06. The van der Waals surface area contributed by atoms with E-state index in [1.807, 2.05) is 18.2 Å². The second kappa shape index (κ2) is 6.01. The first kappa shape index (κ1) is 12.4. The van der Waals surface area contributed by atoms with Crippen molar-refractivity contribution in [3.05, 3.63) is 22.7 Å². The van der Waals surface area contributed by atoms with Gasteiger partial charge in [-0.05, 0) is 40.9 Å². The van der Waals surface area contributed by atoms with Crippen LogP contribution in [0.2, 0.25) is 0 Å². The molecule has 0 atom stereocenters. The monoisotopic (exact) mass is 271 g/mol. The Balaban J connectivity index is 2.82. The Labute approximate surface area is 100 Å². The zero-order valence-electron chi connectivity index (χ0n) is 9.51. The van der Waals surface area contributed by atoms with Gasteiger partial charge in [-0.2, -0.15) is 0 Å². The number of benzene rings is 1. The number of rotatable bonds is 5. The summed E-state index contributed by atoms with van der Waals surface area (Å²) in [7, 11) is 1.68. The molecule has 0 unspecified atom stereocenters. The molecule has 15 heavy (non-hydrogen) atoms. The maximum absolute atomic E-state index is 5.20. The Morgan fingerprint density at radius 2 is 2.00 bits per heavy atom. The van der Waals surface area contributed by atoms with Gasteiger partial charge in [-0.3, -0.25) is 0 Å². The van der Waals surface area contributed by atoms with Crippen LogP contribution in [0.4, 0.5) is 5.69 Å². The van der Waals surface area contributed by atoms with E-state index in [0.29, 0.717) is 6.04 Å². The third-order valence-electron chi connectivity index (χ3n) is 2.52. The lowest BCUT2D eigenvalue weighted by Gasteiger charge is -2.18. The maximum atomic E-state index is 5.20. The molecule has 1 aromatic rings. The molecule has 3 heteroatoms. The molecular weight excluding hydrogens is 254 g/mol. The lowest BCUT2D eigenvalue weighted by molar-refractivity contribution is 0.415. The third-order valence-corrected chi connectivity index (χ3v) is 3.21. The van der Waals surface area contributed by atoms with Crippen LogP contribution in [-0.4, -0.2) is 13.2 Å². The average Bonchev–Trinajstić information content (AvgIpc) is 2.28. The van der Waals surface area contributed by atoms with Gasteiger partial charge in [-0.15, -0.1) is 0 Å². The molecule has 0 radical (unpaired) electrons. The zero-order chi connectivity index (χ0) is 11.3. The standard InChI is InChI=1S/C12H18BrNO/c1-4-9(5-2)14-12-8-10(15-3)6-7-11(12)13/h6-9,14H,4-5H2,1-3H3. The van der Waals surface area contributed by atoms with E-state index in [4.69, 9.17) is 4.74 Å². The van der Waals surface area contributed by atoms with E-state index in [2.05, 4.69) is 35.1 Å². The molecule has 0 amide bonds. The van der Waals surface area contributed by atoms with Gasteiger partial charge < -0.3 is 10.1 Å². The van der Waals surface area contributed by atoms with Gasteiger partial charge in [0.25, 0.3) is 0 Å². The van der Waals surface area contributed by atoms with E-state index >= 15 is 0 Å². The molecule has 0 aromatic heterocycles. The van der Waals surface area contributed by atoms with Gasteiger partial charge in [0.2, 0.25) is 0 Å². The number of methoxy groups -OCH3 is 1. The van der Waals surface area contributed by atoms with Crippen LogP contribution in [0.1, 0.15) is 26.7 Å². The molecule has 0 heterocycles. The van der Waals surface area contributed by atoms with Crippen molar-refractivity contribution in [3.8, 4) is 5.75 Å². The summed E-state index contributed by atoms with van der Waals surface area (Å²) in [6.07, 6.45) is 2.25. The minimum atomic E-state index is 0.522. The number of hydrogen-bond acceptors (Lipinski definition) is 2. The second-order valence-corrected chi connectivity index (χ2v) is 4.36. The molecule has 0 aliphatic carbocycles. The fraction of sp³-hybridized carbons (Fsp3) is 0.500. The highest BCUT2D eigenvalue weighted by Crippen LogP contribution is 2.28. The van der Waals surface area contributed by atoms with E-state index in [1.54, 1.807) is 7.11 Å². The molecule has 1 rings (SSSR count). The third kappa shape index (κ3) is 3.42. The highest BCUT2D eigenvalue weighted by atomic mass is 79.9. The zero-order valence-corrected chi connectivity index (χ0v) is 11.1. The van der Waals surface area contributed by atoms with Crippen LogP contribution in [0.5, 0.6) is 5.75 Å². The van der Waals surface area contributed by atoms with Gasteiger partial charge >= 0.3 is 0 Å².